The molecule has 0 radical (unpaired) electrons. The maximum atomic E-state index is 13.2. The van der Waals surface area contributed by atoms with Crippen molar-refractivity contribution >= 4 is 5.91 Å². The fourth-order valence-electron chi connectivity index (χ4n) is 3.44. The number of carbonyl (C=O) groups is 1. The summed E-state index contributed by atoms with van der Waals surface area (Å²) in [6.45, 7) is 0.504. The predicted molar refractivity (Wildman–Crippen MR) is 92.2 cm³/mol. The first-order valence-corrected chi connectivity index (χ1v) is 8.60. The van der Waals surface area contributed by atoms with E-state index in [-0.39, 0.29) is 11.9 Å². The number of hydrogen-bond donors (Lipinski definition) is 0. The highest BCUT2D eigenvalue weighted by Crippen LogP contribution is 2.27. The molecule has 25 heavy (non-hydrogen) atoms. The molecule has 4 rings (SSSR count). The van der Waals surface area contributed by atoms with Crippen LogP contribution < -0.4 is 0 Å². The molecule has 0 N–H and O–H groups in total. The van der Waals surface area contributed by atoms with Crippen LogP contribution in [0.5, 0.6) is 0 Å². The molecular weight excluding hydrogens is 316 g/mol. The Morgan fingerprint density at radius 1 is 1.24 bits per heavy atom. The van der Waals surface area contributed by atoms with Crippen molar-refractivity contribution in [3.05, 3.63) is 66.6 Å². The third kappa shape index (κ3) is 3.33. The van der Waals surface area contributed by atoms with Gasteiger partial charge in [0.25, 0.3) is 5.91 Å². The van der Waals surface area contributed by atoms with Crippen molar-refractivity contribution in [3.63, 3.8) is 0 Å². The molecule has 1 amide bonds. The van der Waals surface area contributed by atoms with Gasteiger partial charge in [0.1, 0.15) is 18.4 Å². The minimum Gasteiger partial charge on any atom is -0.467 e. The van der Waals surface area contributed by atoms with Gasteiger partial charge in [-0.15, -0.1) is 0 Å². The van der Waals surface area contributed by atoms with Crippen LogP contribution in [0.3, 0.4) is 0 Å². The zero-order valence-electron chi connectivity index (χ0n) is 13.9. The van der Waals surface area contributed by atoms with Gasteiger partial charge in [0.2, 0.25) is 0 Å². The van der Waals surface area contributed by atoms with Crippen LogP contribution in [0.1, 0.15) is 41.8 Å². The van der Waals surface area contributed by atoms with Gasteiger partial charge >= 0.3 is 0 Å². The topological polar surface area (TPSA) is 64.2 Å². The SMILES string of the molecule is O=C(c1cccc(-n2cncn2)c1)N(Cc1ccco1)C1CCCC1. The van der Waals surface area contributed by atoms with Crippen LogP contribution in [0.4, 0.5) is 0 Å². The lowest BCUT2D eigenvalue weighted by Gasteiger charge is -2.28. The summed E-state index contributed by atoms with van der Waals surface area (Å²) in [6.07, 6.45) is 9.21. The first-order chi connectivity index (χ1) is 12.3. The molecule has 1 fully saturated rings. The minimum absolute atomic E-state index is 0.0327. The average Bonchev–Trinajstić information content (AvgIpc) is 3.42. The van der Waals surface area contributed by atoms with E-state index in [4.69, 9.17) is 4.42 Å². The van der Waals surface area contributed by atoms with Gasteiger partial charge in [0.05, 0.1) is 18.5 Å². The smallest absolute Gasteiger partial charge is 0.254 e. The zero-order chi connectivity index (χ0) is 17.1. The third-order valence-electron chi connectivity index (χ3n) is 4.71. The van der Waals surface area contributed by atoms with Gasteiger partial charge in [-0.2, -0.15) is 5.10 Å². The molecule has 1 aliphatic carbocycles. The quantitative estimate of drug-likeness (QED) is 0.716. The molecule has 2 aromatic heterocycles. The molecule has 1 aliphatic rings. The molecule has 6 heteroatoms. The molecule has 1 saturated carbocycles. The van der Waals surface area contributed by atoms with Gasteiger partial charge in [-0.05, 0) is 43.2 Å². The molecule has 2 heterocycles. The van der Waals surface area contributed by atoms with E-state index in [1.54, 1.807) is 17.3 Å². The van der Waals surface area contributed by atoms with Crippen LogP contribution in [0.25, 0.3) is 5.69 Å². The molecule has 6 nitrogen and oxygen atoms in total. The molecular formula is C19H20N4O2. The fourth-order valence-corrected chi connectivity index (χ4v) is 3.44. The second-order valence-corrected chi connectivity index (χ2v) is 6.34. The molecule has 0 bridgehead atoms. The standard InChI is InChI=1S/C19H20N4O2/c24-19(15-5-3-8-17(11-15)23-14-20-13-21-23)22(16-6-1-2-7-16)12-18-9-4-10-25-18/h3-5,8-11,13-14,16H,1-2,6-7,12H2. The molecule has 0 aliphatic heterocycles. The summed E-state index contributed by atoms with van der Waals surface area (Å²) >= 11 is 0. The van der Waals surface area contributed by atoms with Crippen LogP contribution in [0, 0.1) is 0 Å². The Bertz CT molecular complexity index is 821. The van der Waals surface area contributed by atoms with Crippen LogP contribution in [-0.2, 0) is 6.54 Å². The maximum absolute atomic E-state index is 13.2. The van der Waals surface area contributed by atoms with Crippen molar-refractivity contribution in [2.24, 2.45) is 0 Å². The lowest BCUT2D eigenvalue weighted by molar-refractivity contribution is 0.0649. The Kier molecular flexibility index (Phi) is 4.33. The van der Waals surface area contributed by atoms with Crippen molar-refractivity contribution in [2.45, 2.75) is 38.3 Å². The van der Waals surface area contributed by atoms with E-state index in [2.05, 4.69) is 10.1 Å². The number of furan rings is 1. The Labute approximate surface area is 146 Å². The van der Waals surface area contributed by atoms with Gasteiger partial charge in [-0.25, -0.2) is 9.67 Å². The van der Waals surface area contributed by atoms with Crippen molar-refractivity contribution in [1.82, 2.24) is 19.7 Å². The summed E-state index contributed by atoms with van der Waals surface area (Å²) in [5, 5.41) is 4.14. The van der Waals surface area contributed by atoms with E-state index in [9.17, 15) is 4.79 Å². The van der Waals surface area contributed by atoms with Gasteiger partial charge in [0, 0.05) is 11.6 Å². The first kappa shape index (κ1) is 15.6. The largest absolute Gasteiger partial charge is 0.467 e. The van der Waals surface area contributed by atoms with E-state index in [0.29, 0.717) is 12.1 Å². The number of nitrogens with zero attached hydrogens (tertiary/aromatic N) is 4. The number of aromatic nitrogens is 3. The fraction of sp³-hybridized carbons (Fsp3) is 0.316. The molecule has 0 saturated heterocycles. The van der Waals surface area contributed by atoms with E-state index in [0.717, 1.165) is 24.3 Å². The number of benzene rings is 1. The first-order valence-electron chi connectivity index (χ1n) is 8.60. The Morgan fingerprint density at radius 3 is 2.84 bits per heavy atom. The van der Waals surface area contributed by atoms with E-state index in [1.165, 1.54) is 19.2 Å². The van der Waals surface area contributed by atoms with E-state index < -0.39 is 0 Å². The molecule has 0 atom stereocenters. The highest BCUT2D eigenvalue weighted by atomic mass is 16.3. The van der Waals surface area contributed by atoms with Gasteiger partial charge in [-0.1, -0.05) is 18.9 Å². The van der Waals surface area contributed by atoms with Crippen molar-refractivity contribution in [2.75, 3.05) is 0 Å². The molecule has 3 aromatic rings. The summed E-state index contributed by atoms with van der Waals surface area (Å²) in [4.78, 5) is 19.1. The summed E-state index contributed by atoms with van der Waals surface area (Å²) < 4.78 is 7.13. The lowest BCUT2D eigenvalue weighted by atomic mass is 10.1. The van der Waals surface area contributed by atoms with Gasteiger partial charge in [-0.3, -0.25) is 4.79 Å². The number of carbonyl (C=O) groups excluding carboxylic acids is 1. The lowest BCUT2D eigenvalue weighted by Crippen LogP contribution is -2.38. The summed E-state index contributed by atoms with van der Waals surface area (Å²) in [7, 11) is 0. The number of hydrogen-bond acceptors (Lipinski definition) is 4. The number of rotatable bonds is 5. The van der Waals surface area contributed by atoms with Crippen LogP contribution in [-0.4, -0.2) is 31.6 Å². The summed E-state index contributed by atoms with van der Waals surface area (Å²) in [5.74, 6) is 0.845. The second-order valence-electron chi connectivity index (χ2n) is 6.34. The molecule has 0 unspecified atom stereocenters. The van der Waals surface area contributed by atoms with Crippen LogP contribution >= 0.6 is 0 Å². The normalized spacial score (nSPS) is 14.7. The third-order valence-corrected chi connectivity index (χ3v) is 4.71. The molecule has 128 valence electrons. The predicted octanol–water partition coefficient (Wildman–Crippen LogP) is 3.45. The van der Waals surface area contributed by atoms with Crippen molar-refractivity contribution in [3.8, 4) is 5.69 Å². The van der Waals surface area contributed by atoms with E-state index in [1.807, 2.05) is 41.3 Å². The second kappa shape index (κ2) is 6.93. The Morgan fingerprint density at radius 2 is 2.12 bits per heavy atom. The van der Waals surface area contributed by atoms with Crippen LogP contribution in [0.2, 0.25) is 0 Å². The Hall–Kier alpha value is -2.89. The maximum Gasteiger partial charge on any atom is 0.254 e. The van der Waals surface area contributed by atoms with Crippen molar-refractivity contribution < 1.29 is 9.21 Å². The Balaban J connectivity index is 1.62. The molecule has 1 aromatic carbocycles. The number of amides is 1. The van der Waals surface area contributed by atoms with E-state index >= 15 is 0 Å². The summed E-state index contributed by atoms with van der Waals surface area (Å²) in [6, 6.07) is 11.6. The monoisotopic (exact) mass is 336 g/mol. The minimum atomic E-state index is 0.0327. The van der Waals surface area contributed by atoms with Gasteiger partial charge in [0.15, 0.2) is 0 Å². The highest BCUT2D eigenvalue weighted by molar-refractivity contribution is 5.95. The van der Waals surface area contributed by atoms with Crippen molar-refractivity contribution in [1.29, 1.82) is 0 Å². The highest BCUT2D eigenvalue weighted by Gasteiger charge is 2.28. The zero-order valence-corrected chi connectivity index (χ0v) is 13.9. The summed E-state index contributed by atoms with van der Waals surface area (Å²) in [5.41, 5.74) is 1.49. The van der Waals surface area contributed by atoms with Crippen LogP contribution in [0.15, 0.2) is 59.7 Å². The molecule has 0 spiro atoms. The average molecular weight is 336 g/mol. The van der Waals surface area contributed by atoms with Gasteiger partial charge < -0.3 is 9.32 Å².